The van der Waals surface area contributed by atoms with Crippen molar-refractivity contribution in [3.8, 4) is 0 Å². The van der Waals surface area contributed by atoms with Crippen molar-refractivity contribution in [1.82, 2.24) is 20.9 Å². The van der Waals surface area contributed by atoms with Crippen LogP contribution in [0.3, 0.4) is 0 Å². The highest BCUT2D eigenvalue weighted by Gasteiger charge is 2.48. The summed E-state index contributed by atoms with van der Waals surface area (Å²) in [5, 5.41) is 12.3. The predicted octanol–water partition coefficient (Wildman–Crippen LogP) is 2.29. The lowest BCUT2D eigenvalue weighted by Crippen LogP contribution is -2.61. The van der Waals surface area contributed by atoms with Gasteiger partial charge in [0, 0.05) is 31.0 Å². The summed E-state index contributed by atoms with van der Waals surface area (Å²) in [6, 6.07) is 5.24. The Hall–Kier alpha value is -4.33. The second-order valence-electron chi connectivity index (χ2n) is 14.3. The Bertz CT molecular complexity index is 1450. The summed E-state index contributed by atoms with van der Waals surface area (Å²) in [5.74, 6) is -3.52. The van der Waals surface area contributed by atoms with E-state index in [1.165, 1.54) is 4.90 Å². The molecule has 0 bridgehead atoms. The molecule has 266 valence electrons. The van der Waals surface area contributed by atoms with Crippen LogP contribution in [0.2, 0.25) is 0 Å². The largest absolute Gasteiger partial charge is 0.444 e. The quantitative estimate of drug-likeness (QED) is 0.220. The lowest BCUT2D eigenvalue weighted by molar-refractivity contribution is -0.146. The number of fused-ring (bicyclic) bond motifs is 1. The van der Waals surface area contributed by atoms with Gasteiger partial charge in [-0.1, -0.05) is 69.6 Å². The lowest BCUT2D eigenvalue weighted by atomic mass is 9.85. The molecule has 14 heteroatoms. The third-order valence-corrected chi connectivity index (χ3v) is 9.34. The summed E-state index contributed by atoms with van der Waals surface area (Å²) in [4.78, 5) is 88.2. The number of carbonyl (C=O) groups is 6. The van der Waals surface area contributed by atoms with Crippen LogP contribution in [0.4, 0.5) is 4.79 Å². The van der Waals surface area contributed by atoms with E-state index in [-0.39, 0.29) is 50.0 Å². The summed E-state index contributed by atoms with van der Waals surface area (Å²) in [7, 11) is 0. The van der Waals surface area contributed by atoms with Gasteiger partial charge in [-0.25, -0.2) is 4.79 Å². The number of nitrogens with one attached hydrogen (secondary N) is 3. The van der Waals surface area contributed by atoms with Crippen molar-refractivity contribution in [3.05, 3.63) is 35.9 Å². The second-order valence-corrected chi connectivity index (χ2v) is 14.3. The van der Waals surface area contributed by atoms with Gasteiger partial charge in [-0.05, 0) is 31.1 Å². The van der Waals surface area contributed by atoms with Crippen LogP contribution in [0.25, 0.3) is 0 Å². The first-order valence-electron chi connectivity index (χ1n) is 17.2. The molecule has 1 aromatic rings. The minimum Gasteiger partial charge on any atom is -0.444 e. The summed E-state index contributed by atoms with van der Waals surface area (Å²) < 4.78 is 10.8. The van der Waals surface area contributed by atoms with Crippen molar-refractivity contribution in [2.75, 3.05) is 19.8 Å². The number of benzene rings is 1. The molecule has 0 spiro atoms. The minimum atomic E-state index is -1.17. The standard InChI is InChI=1S/C35H47N5O9/c1-5-9-24(29(42)32(44)36-21-12-13-21)37-31(43)25-18-26-23(27(39-49-26)28(41)20-10-7-6-8-11-20)14-16-40(25)33(45)30(35(2,3)4)38-34(46)48-22-15-17-47-19-22/h6-8,10-11,21-26,30H,5,9,12-19H2,1-4H3,(H,36,44)(H,37,43)(H,38,46)/t22-,23?,24-,25-,26?,30+/m0/s1. The Labute approximate surface area is 286 Å². The van der Waals surface area contributed by atoms with Gasteiger partial charge in [0.15, 0.2) is 0 Å². The number of hydrogen-bond acceptors (Lipinski definition) is 10. The van der Waals surface area contributed by atoms with Crippen LogP contribution < -0.4 is 16.0 Å². The molecule has 0 radical (unpaired) electrons. The van der Waals surface area contributed by atoms with Gasteiger partial charge in [0.05, 0.1) is 25.2 Å². The van der Waals surface area contributed by atoms with E-state index in [2.05, 4.69) is 21.1 Å². The molecular formula is C35H47N5O9. The first kappa shape index (κ1) is 36.0. The molecule has 6 atom stereocenters. The molecule has 3 N–H and O–H groups in total. The van der Waals surface area contributed by atoms with Gasteiger partial charge in [0.25, 0.3) is 5.91 Å². The zero-order chi connectivity index (χ0) is 35.3. The van der Waals surface area contributed by atoms with E-state index in [9.17, 15) is 28.8 Å². The first-order valence-corrected chi connectivity index (χ1v) is 17.2. The molecule has 1 saturated carbocycles. The van der Waals surface area contributed by atoms with Crippen molar-refractivity contribution < 1.29 is 43.1 Å². The Kier molecular flexibility index (Phi) is 11.4. The fourth-order valence-electron chi connectivity index (χ4n) is 6.40. The molecule has 2 unspecified atom stereocenters. The number of amides is 4. The molecule has 0 aromatic heterocycles. The lowest BCUT2D eigenvalue weighted by Gasteiger charge is -2.37. The first-order chi connectivity index (χ1) is 23.4. The highest BCUT2D eigenvalue weighted by Crippen LogP contribution is 2.34. The molecule has 3 fully saturated rings. The molecule has 2 saturated heterocycles. The number of rotatable bonds is 12. The maximum Gasteiger partial charge on any atom is 0.408 e. The Morgan fingerprint density at radius 3 is 2.39 bits per heavy atom. The highest BCUT2D eigenvalue weighted by molar-refractivity contribution is 6.47. The number of alkyl carbamates (subject to hydrolysis) is 1. The Morgan fingerprint density at radius 1 is 1.02 bits per heavy atom. The zero-order valence-corrected chi connectivity index (χ0v) is 28.6. The number of ketones is 2. The van der Waals surface area contributed by atoms with Crippen LogP contribution in [0.15, 0.2) is 35.5 Å². The van der Waals surface area contributed by atoms with Gasteiger partial charge < -0.3 is 35.2 Å². The van der Waals surface area contributed by atoms with Gasteiger partial charge in [-0.3, -0.25) is 24.0 Å². The fourth-order valence-corrected chi connectivity index (χ4v) is 6.40. The molecular weight excluding hydrogens is 634 g/mol. The van der Waals surface area contributed by atoms with Gasteiger partial charge in [-0.2, -0.15) is 0 Å². The summed E-state index contributed by atoms with van der Waals surface area (Å²) in [6.45, 7) is 7.96. The Morgan fingerprint density at radius 2 is 1.76 bits per heavy atom. The smallest absolute Gasteiger partial charge is 0.408 e. The second kappa shape index (κ2) is 15.5. The monoisotopic (exact) mass is 681 g/mol. The third-order valence-electron chi connectivity index (χ3n) is 9.34. The van der Waals surface area contributed by atoms with E-state index >= 15 is 0 Å². The molecule has 5 rings (SSSR count). The van der Waals surface area contributed by atoms with Crippen LogP contribution in [0.1, 0.15) is 83.0 Å². The molecule has 3 heterocycles. The van der Waals surface area contributed by atoms with Crippen molar-refractivity contribution in [1.29, 1.82) is 0 Å². The molecule has 4 aliphatic rings. The third kappa shape index (κ3) is 8.83. The van der Waals surface area contributed by atoms with E-state index in [4.69, 9.17) is 14.3 Å². The topological polar surface area (TPSA) is 182 Å². The number of Topliss-reactive ketones (excluding diaryl/α,β-unsaturated/α-hetero) is 2. The van der Waals surface area contributed by atoms with E-state index in [1.54, 1.807) is 51.1 Å². The van der Waals surface area contributed by atoms with Crippen LogP contribution >= 0.6 is 0 Å². The van der Waals surface area contributed by atoms with Crippen molar-refractivity contribution >= 4 is 41.1 Å². The molecule has 3 aliphatic heterocycles. The number of nitrogens with zero attached hydrogens (tertiary/aromatic N) is 2. The summed E-state index contributed by atoms with van der Waals surface area (Å²) >= 11 is 0. The van der Waals surface area contributed by atoms with Crippen molar-refractivity contribution in [2.45, 2.75) is 109 Å². The maximum atomic E-state index is 14.5. The van der Waals surface area contributed by atoms with Gasteiger partial charge in [0.2, 0.25) is 23.4 Å². The molecule has 1 aliphatic carbocycles. The summed E-state index contributed by atoms with van der Waals surface area (Å²) in [5.41, 5.74) is -0.168. The number of hydrogen-bond donors (Lipinski definition) is 3. The van der Waals surface area contributed by atoms with Crippen molar-refractivity contribution in [2.24, 2.45) is 16.5 Å². The average molecular weight is 682 g/mol. The number of ether oxygens (including phenoxy) is 2. The van der Waals surface area contributed by atoms with Gasteiger partial charge >= 0.3 is 6.09 Å². The maximum absolute atomic E-state index is 14.5. The van der Waals surface area contributed by atoms with Crippen molar-refractivity contribution in [3.63, 3.8) is 0 Å². The average Bonchev–Trinajstić information content (AvgIpc) is 3.64. The SMILES string of the molecule is CCC[C@H](NC(=O)[C@@H]1CC2ON=C(C(=O)c3ccccc3)C2CCN1C(=O)[C@@H](NC(=O)O[C@H]1CCOC1)C(C)(C)C)C(=O)C(=O)NC1CC1. The highest BCUT2D eigenvalue weighted by atomic mass is 16.6. The van der Waals surface area contributed by atoms with E-state index in [1.807, 2.05) is 6.92 Å². The predicted molar refractivity (Wildman–Crippen MR) is 176 cm³/mol. The minimum absolute atomic E-state index is 0.0247. The van der Waals surface area contributed by atoms with Crippen LogP contribution in [-0.2, 0) is 33.5 Å². The van der Waals surface area contributed by atoms with Crippen LogP contribution in [0.5, 0.6) is 0 Å². The summed E-state index contributed by atoms with van der Waals surface area (Å²) in [6.07, 6.45) is 1.14. The normalized spacial score (nSPS) is 24.7. The zero-order valence-electron chi connectivity index (χ0n) is 28.6. The number of oxime groups is 1. The molecule has 1 aromatic carbocycles. The van der Waals surface area contributed by atoms with Crippen LogP contribution in [-0.4, -0.2) is 102 Å². The van der Waals surface area contributed by atoms with E-state index < -0.39 is 71.3 Å². The number of carbonyl (C=O) groups excluding carboxylic acids is 6. The van der Waals surface area contributed by atoms with Gasteiger partial charge in [-0.15, -0.1) is 0 Å². The molecule has 49 heavy (non-hydrogen) atoms. The number of likely N-dealkylation sites (tertiary alicyclic amines) is 1. The van der Waals surface area contributed by atoms with E-state index in [0.29, 0.717) is 25.0 Å². The van der Waals surface area contributed by atoms with Crippen LogP contribution in [0, 0.1) is 11.3 Å². The fraction of sp³-hybridized carbons (Fsp3) is 0.629. The molecule has 4 amide bonds. The molecule has 14 nitrogen and oxygen atoms in total. The van der Waals surface area contributed by atoms with Gasteiger partial charge in [0.1, 0.15) is 30.0 Å². The Balaban J connectivity index is 1.41. The van der Waals surface area contributed by atoms with E-state index in [0.717, 1.165) is 12.8 Å².